The van der Waals surface area contributed by atoms with Gasteiger partial charge in [0.25, 0.3) is 6.71 Å². The zero-order valence-electron chi connectivity index (χ0n) is 58.3. The third kappa shape index (κ3) is 10.0. The van der Waals surface area contributed by atoms with E-state index in [4.69, 9.17) is 0 Å². The van der Waals surface area contributed by atoms with Crippen molar-refractivity contribution in [3.05, 3.63) is 214 Å². The van der Waals surface area contributed by atoms with Crippen molar-refractivity contribution >= 4 is 106 Å². The van der Waals surface area contributed by atoms with Gasteiger partial charge in [-0.2, -0.15) is 0 Å². The highest BCUT2D eigenvalue weighted by Crippen LogP contribution is 2.57. The van der Waals surface area contributed by atoms with Crippen molar-refractivity contribution in [1.82, 2.24) is 0 Å². The molecule has 2 aliphatic heterocycles. The molecular weight excluding hydrogens is 1120 g/mol. The lowest BCUT2D eigenvalue weighted by molar-refractivity contribution is 0.332. The SMILES string of the molecule is CC(C)(C)c1ccc(N(c2ccc(C(C)(C)C)cc2)c2cc3c4c(c2)N(c2ccc(C(C)(C)C)cc2-c2ccccc2)c2c(ccc5c2sc2cccc(C(C)(C)C)c25)B4c2cc4c(cc2N3c2ccc3c(c2)C(C)(C)CCC3(C)C)C(C)(C)CCC4(C)C)cc1. The third-order valence-electron chi connectivity index (χ3n) is 22.0. The second kappa shape index (κ2) is 20.6. The van der Waals surface area contributed by atoms with Gasteiger partial charge in [-0.1, -0.05) is 236 Å². The van der Waals surface area contributed by atoms with Crippen LogP contribution in [-0.4, -0.2) is 6.71 Å². The van der Waals surface area contributed by atoms with Gasteiger partial charge in [0.2, 0.25) is 0 Å². The highest BCUT2D eigenvalue weighted by atomic mass is 32.1. The fourth-order valence-corrected chi connectivity index (χ4v) is 17.4. The predicted octanol–water partition coefficient (Wildman–Crippen LogP) is 23.2. The van der Waals surface area contributed by atoms with Gasteiger partial charge >= 0.3 is 0 Å². The normalized spacial score (nSPS) is 17.1. The Labute approximate surface area is 550 Å². The monoisotopic (exact) mass is 1210 g/mol. The van der Waals surface area contributed by atoms with Crippen LogP contribution in [0.1, 0.15) is 209 Å². The number of hydrogen-bond acceptors (Lipinski definition) is 4. The first-order valence-electron chi connectivity index (χ1n) is 33.9. The van der Waals surface area contributed by atoms with Crippen LogP contribution in [0, 0.1) is 0 Å². The van der Waals surface area contributed by atoms with Gasteiger partial charge in [-0.25, -0.2) is 0 Å². The number of rotatable bonds is 6. The summed E-state index contributed by atoms with van der Waals surface area (Å²) in [6, 6.07) is 68.1. The number of benzene rings is 9. The Morgan fingerprint density at radius 2 is 0.934 bits per heavy atom. The molecule has 5 heteroatoms. The average molecular weight is 1210 g/mol. The standard InChI is InChI=1S/C86H96BN3S/c1-79(2,3)54-29-34-57(35-30-54)88(58-36-31-55(32-37-58)80(4,5)6)60-49-72-76-73(50-60)90(70-42-33-56(81(7,8)9)47-62(70)53-25-22-21-23-26-53)77-68(41-39-61-75-64(82(10,11)12)27-24-28-74(75)91-78(61)77)87(76)69-51-66-67(86(19,20)46-45-85(66,17)18)52-71(69)89(72)59-38-40-63-65(48-59)84(15,16)44-43-83(63,13)14/h21-42,47-52H,43-46H2,1-20H3. The van der Waals surface area contributed by atoms with Crippen LogP contribution >= 0.6 is 11.3 Å². The lowest BCUT2D eigenvalue weighted by Gasteiger charge is -2.48. The Kier molecular flexibility index (Phi) is 13.8. The fraction of sp³-hybridized carbons (Fsp3) is 0.372. The number of nitrogens with zero attached hydrogens (tertiary/aromatic N) is 3. The topological polar surface area (TPSA) is 9.72 Å². The Hall–Kier alpha value is -7.34. The highest BCUT2D eigenvalue weighted by Gasteiger charge is 2.49. The molecule has 10 aromatic rings. The molecule has 1 aromatic heterocycles. The summed E-state index contributed by atoms with van der Waals surface area (Å²) in [5.41, 5.74) is 28.3. The smallest absolute Gasteiger partial charge is 0.252 e. The van der Waals surface area contributed by atoms with E-state index in [2.05, 4.69) is 323 Å². The first-order chi connectivity index (χ1) is 42.6. The third-order valence-corrected chi connectivity index (χ3v) is 23.2. The largest absolute Gasteiger partial charge is 0.311 e. The second-order valence-corrected chi connectivity index (χ2v) is 35.5. The van der Waals surface area contributed by atoms with Gasteiger partial charge in [-0.05, 0) is 208 Å². The molecule has 0 spiro atoms. The molecule has 0 radical (unpaired) electrons. The lowest BCUT2D eigenvalue weighted by atomic mass is 9.33. The summed E-state index contributed by atoms with van der Waals surface area (Å²) in [7, 11) is 0. The van der Waals surface area contributed by atoms with E-state index in [0.29, 0.717) is 0 Å². The molecule has 0 fully saturated rings. The van der Waals surface area contributed by atoms with Crippen LogP contribution < -0.4 is 31.1 Å². The molecule has 0 amide bonds. The van der Waals surface area contributed by atoms with E-state index in [1.54, 1.807) is 0 Å². The molecule has 91 heavy (non-hydrogen) atoms. The zero-order chi connectivity index (χ0) is 64.7. The Balaban J connectivity index is 1.19. The summed E-state index contributed by atoms with van der Waals surface area (Å²) in [5.74, 6) is 0. The van der Waals surface area contributed by atoms with E-state index in [-0.39, 0.29) is 50.0 Å². The maximum absolute atomic E-state index is 2.77. The van der Waals surface area contributed by atoms with Crippen molar-refractivity contribution in [3.63, 3.8) is 0 Å². The van der Waals surface area contributed by atoms with Crippen molar-refractivity contribution in [3.8, 4) is 11.1 Å². The first kappa shape index (κ1) is 61.2. The molecule has 0 atom stereocenters. The van der Waals surface area contributed by atoms with Crippen molar-refractivity contribution < 1.29 is 0 Å². The van der Waals surface area contributed by atoms with Crippen LogP contribution in [0.4, 0.5) is 51.2 Å². The average Bonchev–Trinajstić information content (AvgIpc) is 1.44. The Morgan fingerprint density at radius 3 is 1.49 bits per heavy atom. The van der Waals surface area contributed by atoms with Crippen molar-refractivity contribution in [2.45, 2.75) is 207 Å². The molecule has 3 heterocycles. The van der Waals surface area contributed by atoms with Crippen LogP contribution in [0.2, 0.25) is 0 Å². The number of fused-ring (bicyclic) bond motifs is 10. The van der Waals surface area contributed by atoms with Gasteiger partial charge in [0.1, 0.15) is 0 Å². The maximum atomic E-state index is 2.77. The summed E-state index contributed by atoms with van der Waals surface area (Å²) in [6.45, 7) is 48.0. The molecule has 0 N–H and O–H groups in total. The zero-order valence-corrected chi connectivity index (χ0v) is 59.1. The van der Waals surface area contributed by atoms with Crippen LogP contribution in [-0.2, 0) is 43.3 Å². The van der Waals surface area contributed by atoms with Gasteiger partial charge in [-0.15, -0.1) is 11.3 Å². The van der Waals surface area contributed by atoms with Crippen LogP contribution in [0.5, 0.6) is 0 Å². The molecule has 2 aliphatic carbocycles. The van der Waals surface area contributed by atoms with Crippen LogP contribution in [0.15, 0.2) is 170 Å². The molecule has 14 rings (SSSR count). The number of hydrogen-bond donors (Lipinski definition) is 0. The summed E-state index contributed by atoms with van der Waals surface area (Å²) in [6.07, 6.45) is 4.58. The minimum atomic E-state index is -0.105. The summed E-state index contributed by atoms with van der Waals surface area (Å²) >= 11 is 1.99. The second-order valence-electron chi connectivity index (χ2n) is 34.4. The Morgan fingerprint density at radius 1 is 0.407 bits per heavy atom. The first-order valence-corrected chi connectivity index (χ1v) is 34.8. The maximum Gasteiger partial charge on any atom is 0.252 e. The van der Waals surface area contributed by atoms with E-state index in [1.807, 2.05) is 11.3 Å². The van der Waals surface area contributed by atoms with Crippen LogP contribution in [0.3, 0.4) is 0 Å². The summed E-state index contributed by atoms with van der Waals surface area (Å²) in [5, 5.41) is 2.70. The Bertz CT molecular complexity index is 4500. The molecule has 9 aromatic carbocycles. The minimum Gasteiger partial charge on any atom is -0.311 e. The molecule has 0 unspecified atom stereocenters. The van der Waals surface area contributed by atoms with Gasteiger partial charge in [0, 0.05) is 55.2 Å². The molecule has 0 bridgehead atoms. The lowest BCUT2D eigenvalue weighted by Crippen LogP contribution is -2.62. The van der Waals surface area contributed by atoms with Gasteiger partial charge < -0.3 is 14.7 Å². The quantitative estimate of drug-likeness (QED) is 0.154. The summed E-state index contributed by atoms with van der Waals surface area (Å²) in [4.78, 5) is 8.10. The van der Waals surface area contributed by atoms with Crippen molar-refractivity contribution in [1.29, 1.82) is 0 Å². The summed E-state index contributed by atoms with van der Waals surface area (Å²) < 4.78 is 2.66. The molecule has 0 saturated carbocycles. The molecule has 4 aliphatic rings. The van der Waals surface area contributed by atoms with Gasteiger partial charge in [0.15, 0.2) is 0 Å². The predicted molar refractivity (Wildman–Crippen MR) is 399 cm³/mol. The molecular formula is C86H96BN3S. The number of thiophene rings is 1. The molecule has 464 valence electrons. The highest BCUT2D eigenvalue weighted by molar-refractivity contribution is 7.26. The van der Waals surface area contributed by atoms with Gasteiger partial charge in [-0.3, -0.25) is 0 Å². The minimum absolute atomic E-state index is 0.00827. The van der Waals surface area contributed by atoms with Gasteiger partial charge in [0.05, 0.1) is 21.8 Å². The van der Waals surface area contributed by atoms with E-state index in [9.17, 15) is 0 Å². The number of anilines is 9. The van der Waals surface area contributed by atoms with E-state index >= 15 is 0 Å². The molecule has 3 nitrogen and oxygen atoms in total. The fourth-order valence-electron chi connectivity index (χ4n) is 16.1. The van der Waals surface area contributed by atoms with Crippen molar-refractivity contribution in [2.75, 3.05) is 14.7 Å². The van der Waals surface area contributed by atoms with Crippen LogP contribution in [0.25, 0.3) is 31.3 Å². The molecule has 0 saturated heterocycles. The van der Waals surface area contributed by atoms with E-state index < -0.39 is 0 Å². The van der Waals surface area contributed by atoms with E-state index in [0.717, 1.165) is 42.7 Å². The van der Waals surface area contributed by atoms with Crippen molar-refractivity contribution in [2.24, 2.45) is 0 Å². The van der Waals surface area contributed by atoms with E-state index in [1.165, 1.54) is 126 Å².